The Morgan fingerprint density at radius 2 is 1.89 bits per heavy atom. The first kappa shape index (κ1) is 20.6. The van der Waals surface area contributed by atoms with Gasteiger partial charge in [-0.25, -0.2) is 4.98 Å². The highest BCUT2D eigenvalue weighted by molar-refractivity contribution is 8.00. The molecule has 7 heteroatoms. The van der Waals surface area contributed by atoms with Crippen LogP contribution >= 0.6 is 23.1 Å². The fourth-order valence-corrected chi connectivity index (χ4v) is 4.54. The summed E-state index contributed by atoms with van der Waals surface area (Å²) < 4.78 is 6.30. The molecular formula is C21H25N3O2S2. The maximum atomic E-state index is 13.0. The number of hydrogen-bond donors (Lipinski definition) is 0. The van der Waals surface area contributed by atoms with E-state index in [2.05, 4.69) is 24.0 Å². The summed E-state index contributed by atoms with van der Waals surface area (Å²) in [6, 6.07) is 14.0. The largest absolute Gasteiger partial charge is 0.497 e. The molecule has 0 spiro atoms. The van der Waals surface area contributed by atoms with Crippen LogP contribution in [-0.4, -0.2) is 55.8 Å². The fraction of sp³-hybridized carbons (Fsp3) is 0.333. The van der Waals surface area contributed by atoms with Gasteiger partial charge in [-0.2, -0.15) is 0 Å². The quantitative estimate of drug-likeness (QED) is 0.513. The summed E-state index contributed by atoms with van der Waals surface area (Å²) in [6.45, 7) is 3.47. The van der Waals surface area contributed by atoms with Gasteiger partial charge >= 0.3 is 0 Å². The minimum Gasteiger partial charge on any atom is -0.497 e. The number of ether oxygens (including phenoxy) is 1. The number of rotatable bonds is 8. The van der Waals surface area contributed by atoms with Gasteiger partial charge in [0.05, 0.1) is 23.1 Å². The standard InChI is InChI=1S/C21H25N3O2S2/c1-15-5-10-18-19(13-15)28-21(22-18)24(12-11-23(2)3)20(25)14-27-17-8-6-16(26-4)7-9-17/h5-10,13H,11-12,14H2,1-4H3. The second-order valence-corrected chi connectivity index (χ2v) is 8.84. The lowest BCUT2D eigenvalue weighted by atomic mass is 10.2. The van der Waals surface area contributed by atoms with Crippen LogP contribution in [0.15, 0.2) is 47.4 Å². The van der Waals surface area contributed by atoms with Gasteiger partial charge in [0.1, 0.15) is 5.75 Å². The van der Waals surface area contributed by atoms with Crippen molar-refractivity contribution in [1.82, 2.24) is 9.88 Å². The molecule has 0 saturated carbocycles. The predicted molar refractivity (Wildman–Crippen MR) is 119 cm³/mol. The topological polar surface area (TPSA) is 45.7 Å². The minimum absolute atomic E-state index is 0.0680. The zero-order valence-corrected chi connectivity index (χ0v) is 18.3. The molecule has 28 heavy (non-hydrogen) atoms. The Hall–Kier alpha value is -2.09. The fourth-order valence-electron chi connectivity index (χ4n) is 2.66. The smallest absolute Gasteiger partial charge is 0.239 e. The van der Waals surface area contributed by atoms with E-state index >= 15 is 0 Å². The molecule has 0 saturated heterocycles. The van der Waals surface area contributed by atoms with E-state index in [0.717, 1.165) is 32.5 Å². The highest BCUT2D eigenvalue weighted by atomic mass is 32.2. The zero-order valence-electron chi connectivity index (χ0n) is 16.6. The van der Waals surface area contributed by atoms with Gasteiger partial charge < -0.3 is 9.64 Å². The van der Waals surface area contributed by atoms with E-state index < -0.39 is 0 Å². The molecule has 3 rings (SSSR count). The molecule has 0 aliphatic rings. The van der Waals surface area contributed by atoms with Crippen molar-refractivity contribution in [2.75, 3.05) is 44.9 Å². The summed E-state index contributed by atoms with van der Waals surface area (Å²) in [5.74, 6) is 1.25. The summed E-state index contributed by atoms with van der Waals surface area (Å²) in [5, 5.41) is 0.766. The molecule has 2 aromatic carbocycles. The molecule has 1 amide bonds. The molecule has 1 heterocycles. The summed E-state index contributed by atoms with van der Waals surface area (Å²) in [4.78, 5) is 22.7. The Bertz CT molecular complexity index is 938. The van der Waals surface area contributed by atoms with E-state index in [1.807, 2.05) is 49.3 Å². The highest BCUT2D eigenvalue weighted by Gasteiger charge is 2.20. The van der Waals surface area contributed by atoms with Crippen LogP contribution in [0, 0.1) is 6.92 Å². The third kappa shape index (κ3) is 5.25. The number of benzene rings is 2. The SMILES string of the molecule is COc1ccc(SCC(=O)N(CCN(C)C)c2nc3ccc(C)cc3s2)cc1. The van der Waals surface area contributed by atoms with Crippen LogP contribution in [-0.2, 0) is 4.79 Å². The molecule has 0 radical (unpaired) electrons. The first-order valence-electron chi connectivity index (χ1n) is 9.05. The number of thioether (sulfide) groups is 1. The summed E-state index contributed by atoms with van der Waals surface area (Å²) in [5.41, 5.74) is 2.14. The summed E-state index contributed by atoms with van der Waals surface area (Å²) in [6.07, 6.45) is 0. The monoisotopic (exact) mass is 415 g/mol. The Kier molecular flexibility index (Phi) is 6.93. The molecule has 0 bridgehead atoms. The Morgan fingerprint density at radius 1 is 1.14 bits per heavy atom. The Labute approximate surface area is 174 Å². The van der Waals surface area contributed by atoms with Crippen LogP contribution in [0.5, 0.6) is 5.75 Å². The number of amides is 1. The predicted octanol–water partition coefficient (Wildman–Crippen LogP) is 4.30. The number of aryl methyl sites for hydroxylation is 1. The second-order valence-electron chi connectivity index (χ2n) is 6.78. The summed E-state index contributed by atoms with van der Waals surface area (Å²) in [7, 11) is 5.67. The van der Waals surface area contributed by atoms with Crippen molar-refractivity contribution in [3.8, 4) is 5.75 Å². The normalized spacial score (nSPS) is 11.2. The minimum atomic E-state index is 0.0680. The van der Waals surface area contributed by atoms with Crippen molar-refractivity contribution >= 4 is 44.4 Å². The van der Waals surface area contributed by atoms with Gasteiger partial charge in [0.15, 0.2) is 5.13 Å². The maximum absolute atomic E-state index is 13.0. The lowest BCUT2D eigenvalue weighted by molar-refractivity contribution is -0.116. The van der Waals surface area contributed by atoms with E-state index in [1.54, 1.807) is 18.4 Å². The van der Waals surface area contributed by atoms with E-state index in [0.29, 0.717) is 12.3 Å². The molecule has 1 aromatic heterocycles. The van der Waals surface area contributed by atoms with E-state index in [1.165, 1.54) is 17.3 Å². The lowest BCUT2D eigenvalue weighted by Crippen LogP contribution is -2.37. The number of thiazole rings is 1. The molecule has 0 atom stereocenters. The summed E-state index contributed by atoms with van der Waals surface area (Å²) >= 11 is 3.11. The number of hydrogen-bond acceptors (Lipinski definition) is 6. The zero-order chi connectivity index (χ0) is 20.1. The number of nitrogens with zero attached hydrogens (tertiary/aromatic N) is 3. The van der Waals surface area contributed by atoms with Gasteiger partial charge in [-0.15, -0.1) is 11.8 Å². The van der Waals surface area contributed by atoms with Gasteiger partial charge in [-0.05, 0) is 63.0 Å². The number of aromatic nitrogens is 1. The molecule has 0 N–H and O–H groups in total. The molecule has 3 aromatic rings. The highest BCUT2D eigenvalue weighted by Crippen LogP contribution is 2.30. The van der Waals surface area contributed by atoms with Crippen LogP contribution in [0.3, 0.4) is 0 Å². The molecule has 0 fully saturated rings. The van der Waals surface area contributed by atoms with E-state index in [-0.39, 0.29) is 5.91 Å². The van der Waals surface area contributed by atoms with Crippen molar-refractivity contribution in [2.45, 2.75) is 11.8 Å². The molecule has 5 nitrogen and oxygen atoms in total. The van der Waals surface area contributed by atoms with E-state index in [9.17, 15) is 4.79 Å². The van der Waals surface area contributed by atoms with Gasteiger partial charge in [0.25, 0.3) is 0 Å². The number of carbonyl (C=O) groups excluding carboxylic acids is 1. The van der Waals surface area contributed by atoms with Crippen LogP contribution in [0.1, 0.15) is 5.56 Å². The second kappa shape index (κ2) is 9.41. The van der Waals surface area contributed by atoms with Gasteiger partial charge in [-0.1, -0.05) is 17.4 Å². The average molecular weight is 416 g/mol. The third-order valence-corrected chi connectivity index (χ3v) is 6.30. The Morgan fingerprint density at radius 3 is 2.57 bits per heavy atom. The van der Waals surface area contributed by atoms with Crippen LogP contribution in [0.2, 0.25) is 0 Å². The number of anilines is 1. The number of fused-ring (bicyclic) bond motifs is 1. The van der Waals surface area contributed by atoms with Gasteiger partial charge in [-0.3, -0.25) is 9.69 Å². The van der Waals surface area contributed by atoms with E-state index in [4.69, 9.17) is 9.72 Å². The van der Waals surface area contributed by atoms with Crippen molar-refractivity contribution in [2.24, 2.45) is 0 Å². The van der Waals surface area contributed by atoms with Gasteiger partial charge in [0, 0.05) is 18.0 Å². The van der Waals surface area contributed by atoms with Crippen molar-refractivity contribution in [3.63, 3.8) is 0 Å². The van der Waals surface area contributed by atoms with Crippen molar-refractivity contribution in [3.05, 3.63) is 48.0 Å². The van der Waals surface area contributed by atoms with Crippen LogP contribution in [0.25, 0.3) is 10.2 Å². The molecule has 0 aliphatic heterocycles. The van der Waals surface area contributed by atoms with Crippen molar-refractivity contribution in [1.29, 1.82) is 0 Å². The van der Waals surface area contributed by atoms with Gasteiger partial charge in [0.2, 0.25) is 5.91 Å². The van der Waals surface area contributed by atoms with Crippen molar-refractivity contribution < 1.29 is 9.53 Å². The van der Waals surface area contributed by atoms with Crippen LogP contribution < -0.4 is 9.64 Å². The number of carbonyl (C=O) groups is 1. The maximum Gasteiger partial charge on any atom is 0.239 e. The molecule has 148 valence electrons. The first-order valence-corrected chi connectivity index (χ1v) is 10.9. The molecular weight excluding hydrogens is 390 g/mol. The molecule has 0 unspecified atom stereocenters. The number of methoxy groups -OCH3 is 1. The number of likely N-dealkylation sites (N-methyl/N-ethyl adjacent to an activating group) is 1. The third-order valence-electron chi connectivity index (χ3n) is 4.26. The van der Waals surface area contributed by atoms with Crippen LogP contribution in [0.4, 0.5) is 5.13 Å². The average Bonchev–Trinajstić information content (AvgIpc) is 3.09. The molecule has 0 aliphatic carbocycles. The lowest BCUT2D eigenvalue weighted by Gasteiger charge is -2.21. The Balaban J connectivity index is 1.76. The first-order chi connectivity index (χ1) is 13.5.